The van der Waals surface area contributed by atoms with Gasteiger partial charge in [0.05, 0.1) is 11.4 Å². The molecule has 0 saturated heterocycles. The quantitative estimate of drug-likeness (QED) is 0.481. The van der Waals surface area contributed by atoms with Crippen LogP contribution in [0.2, 0.25) is 0 Å². The number of aromatic nitrogens is 2. The van der Waals surface area contributed by atoms with Crippen LogP contribution < -0.4 is 5.56 Å². The molecule has 0 radical (unpaired) electrons. The second kappa shape index (κ2) is 8.04. The summed E-state index contributed by atoms with van der Waals surface area (Å²) in [5.41, 5.74) is 3.57. The Morgan fingerprint density at radius 1 is 1.07 bits per heavy atom. The third-order valence-corrected chi connectivity index (χ3v) is 5.51. The molecule has 0 N–H and O–H groups in total. The van der Waals surface area contributed by atoms with E-state index in [0.29, 0.717) is 18.1 Å². The second-order valence-electron chi connectivity index (χ2n) is 6.62. The highest BCUT2D eigenvalue weighted by Gasteiger charge is 2.13. The zero-order valence-corrected chi connectivity index (χ0v) is 16.3. The van der Waals surface area contributed by atoms with E-state index in [-0.39, 0.29) is 11.4 Å². The molecule has 4 rings (SSSR count). The maximum Gasteiger partial charge on any atom is 0.259 e. The number of benzene rings is 2. The molecule has 0 unspecified atom stereocenters. The van der Waals surface area contributed by atoms with Crippen molar-refractivity contribution in [2.45, 2.75) is 20.0 Å². The van der Waals surface area contributed by atoms with Crippen LogP contribution in [0.5, 0.6) is 0 Å². The first-order valence-electron chi connectivity index (χ1n) is 9.16. The summed E-state index contributed by atoms with van der Waals surface area (Å²) in [5, 5.41) is 1.97. The summed E-state index contributed by atoms with van der Waals surface area (Å²) in [6.45, 7) is 4.11. The van der Waals surface area contributed by atoms with Crippen molar-refractivity contribution >= 4 is 16.3 Å². The number of hydrogen-bond donors (Lipinski definition) is 0. The van der Waals surface area contributed by atoms with Gasteiger partial charge >= 0.3 is 0 Å². The SMILES string of the molecule is CCN(Cc1ccc(F)cc1)Cc1cc(=O)n2c(-c3ccccc3)csc2n1. The van der Waals surface area contributed by atoms with Crippen molar-refractivity contribution in [1.82, 2.24) is 14.3 Å². The van der Waals surface area contributed by atoms with Gasteiger partial charge in [-0.05, 0) is 29.8 Å². The molecule has 142 valence electrons. The maximum atomic E-state index is 13.1. The number of hydrogen-bond acceptors (Lipinski definition) is 4. The van der Waals surface area contributed by atoms with Gasteiger partial charge in [0.25, 0.3) is 5.56 Å². The molecule has 0 saturated carbocycles. The Hall–Kier alpha value is -2.83. The molecule has 2 heterocycles. The zero-order valence-electron chi connectivity index (χ0n) is 15.5. The van der Waals surface area contributed by atoms with Crippen molar-refractivity contribution in [3.63, 3.8) is 0 Å². The molecule has 0 bridgehead atoms. The fourth-order valence-electron chi connectivity index (χ4n) is 3.21. The Kier molecular flexibility index (Phi) is 5.32. The van der Waals surface area contributed by atoms with Crippen molar-refractivity contribution in [3.8, 4) is 11.3 Å². The summed E-state index contributed by atoms with van der Waals surface area (Å²) >= 11 is 1.47. The van der Waals surface area contributed by atoms with E-state index in [0.717, 1.165) is 29.1 Å². The van der Waals surface area contributed by atoms with E-state index in [4.69, 9.17) is 4.98 Å². The van der Waals surface area contributed by atoms with E-state index >= 15 is 0 Å². The lowest BCUT2D eigenvalue weighted by molar-refractivity contribution is 0.268. The van der Waals surface area contributed by atoms with E-state index in [1.807, 2.05) is 35.7 Å². The number of nitrogens with zero attached hydrogens (tertiary/aromatic N) is 3. The number of thiazole rings is 1. The van der Waals surface area contributed by atoms with E-state index in [2.05, 4.69) is 11.8 Å². The van der Waals surface area contributed by atoms with Crippen molar-refractivity contribution in [2.75, 3.05) is 6.54 Å². The van der Waals surface area contributed by atoms with Gasteiger partial charge in [-0.2, -0.15) is 0 Å². The molecule has 4 aromatic rings. The highest BCUT2D eigenvalue weighted by Crippen LogP contribution is 2.24. The molecular weight excluding hydrogens is 373 g/mol. The molecule has 0 aliphatic rings. The van der Waals surface area contributed by atoms with Gasteiger partial charge in [-0.3, -0.25) is 14.1 Å². The maximum absolute atomic E-state index is 13.1. The van der Waals surface area contributed by atoms with Crippen LogP contribution in [0.15, 0.2) is 70.8 Å². The Bertz CT molecular complexity index is 1140. The summed E-state index contributed by atoms with van der Waals surface area (Å²) in [6, 6.07) is 18.0. The second-order valence-corrected chi connectivity index (χ2v) is 7.46. The average Bonchev–Trinajstić information content (AvgIpc) is 3.14. The van der Waals surface area contributed by atoms with Crippen LogP contribution in [-0.4, -0.2) is 20.8 Å². The van der Waals surface area contributed by atoms with Crippen molar-refractivity contribution in [2.24, 2.45) is 0 Å². The van der Waals surface area contributed by atoms with Gasteiger partial charge in [-0.1, -0.05) is 49.4 Å². The van der Waals surface area contributed by atoms with Gasteiger partial charge in [-0.25, -0.2) is 9.37 Å². The lowest BCUT2D eigenvalue weighted by atomic mass is 10.2. The van der Waals surface area contributed by atoms with Gasteiger partial charge in [0.1, 0.15) is 5.82 Å². The Morgan fingerprint density at radius 2 is 1.82 bits per heavy atom. The van der Waals surface area contributed by atoms with Crippen molar-refractivity contribution < 1.29 is 4.39 Å². The van der Waals surface area contributed by atoms with Crippen LogP contribution >= 0.6 is 11.3 Å². The molecule has 6 heteroatoms. The molecule has 0 atom stereocenters. The summed E-state index contributed by atoms with van der Waals surface area (Å²) in [6.07, 6.45) is 0. The third kappa shape index (κ3) is 3.88. The van der Waals surface area contributed by atoms with E-state index in [9.17, 15) is 9.18 Å². The van der Waals surface area contributed by atoms with Gasteiger partial charge in [0.15, 0.2) is 4.96 Å². The molecule has 0 aliphatic carbocycles. The highest BCUT2D eigenvalue weighted by molar-refractivity contribution is 7.15. The fourth-order valence-corrected chi connectivity index (χ4v) is 4.13. The monoisotopic (exact) mass is 393 g/mol. The van der Waals surface area contributed by atoms with Crippen molar-refractivity contribution in [1.29, 1.82) is 0 Å². The fraction of sp³-hybridized carbons (Fsp3) is 0.182. The first kappa shape index (κ1) is 18.5. The molecule has 0 amide bonds. The topological polar surface area (TPSA) is 37.6 Å². The number of rotatable bonds is 6. The summed E-state index contributed by atoms with van der Waals surface area (Å²) < 4.78 is 14.8. The molecule has 0 fully saturated rings. The molecular formula is C22H20FN3OS. The first-order chi connectivity index (χ1) is 13.6. The predicted molar refractivity (Wildman–Crippen MR) is 111 cm³/mol. The number of halogens is 1. The van der Waals surface area contributed by atoms with Crippen LogP contribution in [0, 0.1) is 5.82 Å². The van der Waals surface area contributed by atoms with Crippen LogP contribution in [-0.2, 0) is 13.1 Å². The highest BCUT2D eigenvalue weighted by atomic mass is 32.1. The van der Waals surface area contributed by atoms with Crippen LogP contribution in [0.1, 0.15) is 18.2 Å². The van der Waals surface area contributed by atoms with Gasteiger partial charge in [-0.15, -0.1) is 11.3 Å². The molecule has 0 spiro atoms. The summed E-state index contributed by atoms with van der Waals surface area (Å²) in [7, 11) is 0. The van der Waals surface area contributed by atoms with Crippen LogP contribution in [0.4, 0.5) is 4.39 Å². The first-order valence-corrected chi connectivity index (χ1v) is 10.0. The Labute approximate surface area is 166 Å². The normalized spacial score (nSPS) is 11.4. The lowest BCUT2D eigenvalue weighted by Gasteiger charge is -2.20. The van der Waals surface area contributed by atoms with Gasteiger partial charge in [0.2, 0.25) is 0 Å². The number of fused-ring (bicyclic) bond motifs is 1. The molecule has 4 nitrogen and oxygen atoms in total. The van der Waals surface area contributed by atoms with Crippen LogP contribution in [0.3, 0.4) is 0 Å². The molecule has 28 heavy (non-hydrogen) atoms. The van der Waals surface area contributed by atoms with E-state index in [1.54, 1.807) is 22.6 Å². The molecule has 2 aromatic carbocycles. The van der Waals surface area contributed by atoms with Gasteiger partial charge < -0.3 is 0 Å². The summed E-state index contributed by atoms with van der Waals surface area (Å²) in [4.78, 5) is 20.4. The van der Waals surface area contributed by atoms with Gasteiger partial charge in [0, 0.05) is 24.5 Å². The van der Waals surface area contributed by atoms with Crippen LogP contribution in [0.25, 0.3) is 16.2 Å². The predicted octanol–water partition coefficient (Wildman–Crippen LogP) is 4.58. The Morgan fingerprint density at radius 3 is 2.54 bits per heavy atom. The van der Waals surface area contributed by atoms with E-state index < -0.39 is 0 Å². The van der Waals surface area contributed by atoms with E-state index in [1.165, 1.54) is 23.5 Å². The molecule has 0 aliphatic heterocycles. The minimum atomic E-state index is -0.237. The third-order valence-electron chi connectivity index (χ3n) is 4.68. The lowest BCUT2D eigenvalue weighted by Crippen LogP contribution is -2.25. The largest absolute Gasteiger partial charge is 0.294 e. The summed E-state index contributed by atoms with van der Waals surface area (Å²) in [5.74, 6) is -0.237. The smallest absolute Gasteiger partial charge is 0.259 e. The molecule has 2 aromatic heterocycles. The Balaban J connectivity index is 1.60. The minimum absolute atomic E-state index is 0.0714. The standard InChI is InChI=1S/C22H20FN3OS/c1-2-25(13-16-8-10-18(23)11-9-16)14-19-12-21(27)26-20(15-28-22(26)24-19)17-6-4-3-5-7-17/h3-12,15H,2,13-14H2,1H3. The van der Waals surface area contributed by atoms with Crippen molar-refractivity contribution in [3.05, 3.63) is 93.5 Å². The average molecular weight is 393 g/mol. The minimum Gasteiger partial charge on any atom is -0.294 e. The zero-order chi connectivity index (χ0) is 19.5.